The summed E-state index contributed by atoms with van der Waals surface area (Å²) in [6, 6.07) is 18.8. The number of hydrogen-bond donors (Lipinski definition) is 1. The lowest BCUT2D eigenvalue weighted by Crippen LogP contribution is -2.04. The summed E-state index contributed by atoms with van der Waals surface area (Å²) in [6.07, 6.45) is 1.99. The average molecular weight is 549 g/mol. The lowest BCUT2D eigenvalue weighted by atomic mass is 10.0. The summed E-state index contributed by atoms with van der Waals surface area (Å²) in [5, 5.41) is 15.7. The molecule has 0 aliphatic carbocycles. The highest BCUT2D eigenvalue weighted by atomic mass is 35.5. The molecule has 194 valence electrons. The number of hydrogen-bond acceptors (Lipinski definition) is 4. The molecule has 8 heteroatoms. The van der Waals surface area contributed by atoms with E-state index in [1.54, 1.807) is 31.2 Å². The number of aromatic carboxylic acids is 1. The first-order valence-electron chi connectivity index (χ1n) is 12.2. The van der Waals surface area contributed by atoms with Crippen LogP contribution in [0.15, 0.2) is 71.4 Å². The Bertz CT molecular complexity index is 1630. The maximum absolute atomic E-state index is 11.5. The molecule has 0 atom stereocenters. The molecule has 0 aliphatic heterocycles. The number of halogens is 2. The van der Waals surface area contributed by atoms with Gasteiger partial charge in [-0.25, -0.2) is 4.79 Å². The van der Waals surface area contributed by atoms with Crippen LogP contribution in [0.25, 0.3) is 22.2 Å². The maximum atomic E-state index is 11.5. The normalized spacial score (nSPS) is 11.4. The second-order valence-electron chi connectivity index (χ2n) is 9.53. The molecule has 1 N–H and O–H groups in total. The van der Waals surface area contributed by atoms with Crippen molar-refractivity contribution in [2.75, 3.05) is 0 Å². The van der Waals surface area contributed by atoms with Crippen molar-refractivity contribution < 1.29 is 19.2 Å². The number of rotatable bonds is 8. The van der Waals surface area contributed by atoms with Crippen molar-refractivity contribution in [1.29, 1.82) is 0 Å². The van der Waals surface area contributed by atoms with E-state index in [4.69, 9.17) is 32.5 Å². The first kappa shape index (κ1) is 25.9. The summed E-state index contributed by atoms with van der Waals surface area (Å²) in [6.45, 7) is 6.66. The zero-order valence-electron chi connectivity index (χ0n) is 21.2. The van der Waals surface area contributed by atoms with E-state index >= 15 is 0 Å². The van der Waals surface area contributed by atoms with Crippen LogP contribution in [0.3, 0.4) is 0 Å². The molecule has 3 aromatic carbocycles. The zero-order valence-corrected chi connectivity index (χ0v) is 22.7. The van der Waals surface area contributed by atoms with Gasteiger partial charge in [-0.05, 0) is 60.5 Å². The largest absolute Gasteiger partial charge is 0.489 e. The van der Waals surface area contributed by atoms with E-state index in [1.165, 1.54) is 0 Å². The highest BCUT2D eigenvalue weighted by molar-refractivity contribution is 6.39. The molecule has 0 saturated carbocycles. The fourth-order valence-corrected chi connectivity index (χ4v) is 5.17. The van der Waals surface area contributed by atoms with Gasteiger partial charge in [0.1, 0.15) is 23.8 Å². The molecule has 0 fully saturated rings. The number of aromatic nitrogens is 2. The van der Waals surface area contributed by atoms with Gasteiger partial charge in [0, 0.05) is 35.1 Å². The van der Waals surface area contributed by atoms with Crippen molar-refractivity contribution in [3.63, 3.8) is 0 Å². The predicted octanol–water partition coefficient (Wildman–Crippen LogP) is 8.36. The smallest absolute Gasteiger partial charge is 0.335 e. The summed E-state index contributed by atoms with van der Waals surface area (Å²) in [7, 11) is 0. The van der Waals surface area contributed by atoms with Crippen LogP contribution in [-0.2, 0) is 13.2 Å². The molecule has 0 spiro atoms. The summed E-state index contributed by atoms with van der Waals surface area (Å²) in [4.78, 5) is 11.5. The summed E-state index contributed by atoms with van der Waals surface area (Å²) in [5.41, 5.74) is 5.02. The fourth-order valence-electron chi connectivity index (χ4n) is 4.59. The minimum atomic E-state index is -0.920. The van der Waals surface area contributed by atoms with Crippen LogP contribution < -0.4 is 4.74 Å². The Morgan fingerprint density at radius 3 is 2.55 bits per heavy atom. The summed E-state index contributed by atoms with van der Waals surface area (Å²) < 4.78 is 14.0. The van der Waals surface area contributed by atoms with Gasteiger partial charge in [0.25, 0.3) is 0 Å². The zero-order chi connectivity index (χ0) is 27.0. The average Bonchev–Trinajstić information content (AvgIpc) is 3.47. The predicted molar refractivity (Wildman–Crippen MR) is 150 cm³/mol. The van der Waals surface area contributed by atoms with E-state index in [1.807, 2.05) is 56.4 Å². The van der Waals surface area contributed by atoms with Crippen molar-refractivity contribution in [2.24, 2.45) is 0 Å². The number of fused-ring (bicyclic) bond motifs is 1. The molecular formula is C30H26Cl2N2O4. The first-order chi connectivity index (χ1) is 18.2. The molecule has 5 rings (SSSR count). The molecule has 0 unspecified atom stereocenters. The Morgan fingerprint density at radius 2 is 1.84 bits per heavy atom. The van der Waals surface area contributed by atoms with Gasteiger partial charge in [0.15, 0.2) is 0 Å². The topological polar surface area (TPSA) is 77.5 Å². The number of carboxylic acid groups (broad SMARTS) is 1. The molecule has 0 aliphatic rings. The lowest BCUT2D eigenvalue weighted by Gasteiger charge is -2.11. The second kappa shape index (κ2) is 10.6. The van der Waals surface area contributed by atoms with Crippen LogP contribution in [0.2, 0.25) is 10.0 Å². The van der Waals surface area contributed by atoms with Crippen molar-refractivity contribution >= 4 is 40.1 Å². The van der Waals surface area contributed by atoms with Gasteiger partial charge in [0.2, 0.25) is 0 Å². The Hall–Kier alpha value is -3.74. The highest BCUT2D eigenvalue weighted by Crippen LogP contribution is 2.39. The van der Waals surface area contributed by atoms with Crippen LogP contribution >= 0.6 is 23.2 Å². The quantitative estimate of drug-likeness (QED) is 0.210. The van der Waals surface area contributed by atoms with Crippen LogP contribution in [0.5, 0.6) is 5.75 Å². The molecule has 0 amide bonds. The van der Waals surface area contributed by atoms with Gasteiger partial charge in [-0.2, -0.15) is 0 Å². The Balaban J connectivity index is 1.40. The number of aryl methyl sites for hydroxylation is 1. The highest BCUT2D eigenvalue weighted by Gasteiger charge is 2.24. The number of benzene rings is 3. The van der Waals surface area contributed by atoms with E-state index in [0.29, 0.717) is 39.2 Å². The molecule has 0 bridgehead atoms. The van der Waals surface area contributed by atoms with Gasteiger partial charge in [-0.1, -0.05) is 60.4 Å². The van der Waals surface area contributed by atoms with E-state index in [0.717, 1.165) is 33.4 Å². The van der Waals surface area contributed by atoms with Gasteiger partial charge >= 0.3 is 5.97 Å². The van der Waals surface area contributed by atoms with Gasteiger partial charge < -0.3 is 18.9 Å². The third-order valence-electron chi connectivity index (χ3n) is 6.55. The van der Waals surface area contributed by atoms with Crippen LogP contribution in [-0.4, -0.2) is 20.8 Å². The number of nitrogens with zero attached hydrogens (tertiary/aromatic N) is 2. The number of carbonyl (C=O) groups is 1. The standard InChI is InChI=1S/C30H26Cl2N2O4/c1-17(2)29-23(28(33-38-29)27-24(31)5-4-6-25(27)32)16-37-21-9-10-26-20(14-21)11-12-34(26)15-19-8-7-18(3)22(13-19)30(35)36/h4-14,17H,15-16H2,1-3H3,(H,35,36). The van der Waals surface area contributed by atoms with E-state index in [-0.39, 0.29) is 12.5 Å². The van der Waals surface area contributed by atoms with Crippen LogP contribution in [0.4, 0.5) is 0 Å². The Kier molecular flexibility index (Phi) is 7.19. The van der Waals surface area contributed by atoms with Crippen molar-refractivity contribution in [2.45, 2.75) is 39.8 Å². The van der Waals surface area contributed by atoms with Gasteiger partial charge in [-0.3, -0.25) is 0 Å². The third-order valence-corrected chi connectivity index (χ3v) is 7.18. The summed E-state index contributed by atoms with van der Waals surface area (Å²) in [5.74, 6) is 0.598. The minimum absolute atomic E-state index is 0.0936. The molecule has 0 radical (unpaired) electrons. The Labute approximate surface area is 230 Å². The lowest BCUT2D eigenvalue weighted by molar-refractivity contribution is 0.0696. The number of ether oxygens (including phenoxy) is 1. The first-order valence-corrected chi connectivity index (χ1v) is 13.0. The SMILES string of the molecule is Cc1ccc(Cn2ccc3cc(OCc4c(-c5c(Cl)cccc5Cl)noc4C(C)C)ccc32)cc1C(=O)O. The fraction of sp³-hybridized carbons (Fsp3) is 0.200. The molecule has 2 heterocycles. The van der Waals surface area contributed by atoms with Gasteiger partial charge in [-0.15, -0.1) is 0 Å². The monoisotopic (exact) mass is 548 g/mol. The summed E-state index contributed by atoms with van der Waals surface area (Å²) >= 11 is 12.9. The van der Waals surface area contributed by atoms with Crippen molar-refractivity contribution in [3.05, 3.63) is 105 Å². The molecule has 38 heavy (non-hydrogen) atoms. The second-order valence-corrected chi connectivity index (χ2v) is 10.3. The molecule has 6 nitrogen and oxygen atoms in total. The molecule has 0 saturated heterocycles. The van der Waals surface area contributed by atoms with E-state index < -0.39 is 5.97 Å². The maximum Gasteiger partial charge on any atom is 0.335 e. The van der Waals surface area contributed by atoms with Crippen molar-refractivity contribution in [3.8, 4) is 17.0 Å². The third kappa shape index (κ3) is 5.02. The minimum Gasteiger partial charge on any atom is -0.489 e. The number of carboxylic acids is 1. The van der Waals surface area contributed by atoms with Crippen molar-refractivity contribution in [1.82, 2.24) is 9.72 Å². The van der Waals surface area contributed by atoms with E-state index in [9.17, 15) is 9.90 Å². The molecule has 5 aromatic rings. The molecular weight excluding hydrogens is 523 g/mol. The van der Waals surface area contributed by atoms with Gasteiger partial charge in [0.05, 0.1) is 21.2 Å². The molecule has 2 aromatic heterocycles. The van der Waals surface area contributed by atoms with Crippen LogP contribution in [0, 0.1) is 6.92 Å². The van der Waals surface area contributed by atoms with E-state index in [2.05, 4.69) is 9.72 Å². The van der Waals surface area contributed by atoms with Crippen LogP contribution in [0.1, 0.15) is 52.6 Å². The Morgan fingerprint density at radius 1 is 1.08 bits per heavy atom.